The number of hydrogen-bond donors (Lipinski definition) is 0. The number of rotatable bonds is 4. The van der Waals surface area contributed by atoms with E-state index in [2.05, 4.69) is 22.9 Å². The van der Waals surface area contributed by atoms with Crippen molar-refractivity contribution in [3.8, 4) is 0 Å². The zero-order valence-electron chi connectivity index (χ0n) is 21.2. The summed E-state index contributed by atoms with van der Waals surface area (Å²) in [6.45, 7) is 9.81. The molecule has 3 fully saturated rings. The van der Waals surface area contributed by atoms with Gasteiger partial charge in [-0.3, -0.25) is 14.6 Å². The molecule has 0 aliphatic carbocycles. The van der Waals surface area contributed by atoms with Crippen molar-refractivity contribution in [3.05, 3.63) is 47.2 Å². The number of nitrogens with zero attached hydrogens (tertiary/aromatic N) is 6. The van der Waals surface area contributed by atoms with Gasteiger partial charge in [-0.25, -0.2) is 14.6 Å². The number of likely N-dealkylation sites (N-methyl/N-ethyl adjacent to an activating group) is 1. The van der Waals surface area contributed by atoms with Crippen molar-refractivity contribution < 1.29 is 19.1 Å². The van der Waals surface area contributed by atoms with Crippen molar-refractivity contribution >= 4 is 35.2 Å². The summed E-state index contributed by atoms with van der Waals surface area (Å²) in [6.07, 6.45) is 1.45. The lowest BCUT2D eigenvalue weighted by Gasteiger charge is -2.36. The summed E-state index contributed by atoms with van der Waals surface area (Å²) in [4.78, 5) is 52.4. The van der Waals surface area contributed by atoms with E-state index in [1.54, 1.807) is 39.9 Å². The molecule has 0 N–H and O–H groups in total. The number of aryl methyl sites for hydroxylation is 2. The Kier molecular flexibility index (Phi) is 6.19. The third-order valence-electron chi connectivity index (χ3n) is 7.14. The molecule has 4 heterocycles. The highest BCUT2D eigenvalue weighted by Crippen LogP contribution is 2.33. The highest BCUT2D eigenvalue weighted by Gasteiger charge is 2.35. The molecule has 0 bridgehead atoms. The predicted molar refractivity (Wildman–Crippen MR) is 137 cm³/mol. The van der Waals surface area contributed by atoms with Gasteiger partial charge in [-0.15, -0.1) is 0 Å². The summed E-state index contributed by atoms with van der Waals surface area (Å²) in [5.41, 5.74) is 3.85. The number of carbonyl (C=O) groups is 3. The lowest BCUT2D eigenvalue weighted by atomic mass is 10.1. The molecule has 0 spiro atoms. The minimum absolute atomic E-state index is 0.121. The number of amides is 4. The molecule has 10 nitrogen and oxygen atoms in total. The second-order valence-corrected chi connectivity index (χ2v) is 9.79. The van der Waals surface area contributed by atoms with Crippen LogP contribution in [0.3, 0.4) is 0 Å². The van der Waals surface area contributed by atoms with Crippen LogP contribution in [-0.4, -0.2) is 91.8 Å². The highest BCUT2D eigenvalue weighted by molar-refractivity contribution is 6.06. The van der Waals surface area contributed by atoms with E-state index in [4.69, 9.17) is 4.74 Å². The van der Waals surface area contributed by atoms with Crippen LogP contribution in [-0.2, 0) is 4.74 Å². The van der Waals surface area contributed by atoms with Gasteiger partial charge in [0.25, 0.3) is 5.91 Å². The topological polar surface area (TPSA) is 89.5 Å². The molecule has 190 valence electrons. The number of urea groups is 1. The lowest BCUT2D eigenvalue weighted by Crippen LogP contribution is -2.49. The Morgan fingerprint density at radius 1 is 1.03 bits per heavy atom. The third-order valence-corrected chi connectivity index (χ3v) is 7.14. The Morgan fingerprint density at radius 2 is 1.78 bits per heavy atom. The molecule has 3 aliphatic rings. The van der Waals surface area contributed by atoms with Gasteiger partial charge in [-0.05, 0) is 50.1 Å². The van der Waals surface area contributed by atoms with Crippen molar-refractivity contribution in [1.82, 2.24) is 14.8 Å². The average molecular weight is 493 g/mol. The Labute approximate surface area is 211 Å². The van der Waals surface area contributed by atoms with E-state index in [0.29, 0.717) is 62.8 Å². The van der Waals surface area contributed by atoms with Crippen LogP contribution in [0.25, 0.3) is 0 Å². The number of piperazine rings is 1. The average Bonchev–Trinajstić information content (AvgIpc) is 3.38. The first-order chi connectivity index (χ1) is 17.2. The normalized spacial score (nSPS) is 20.4. The summed E-state index contributed by atoms with van der Waals surface area (Å²) in [6, 6.07) is 7.09. The smallest absolute Gasteiger partial charge is 0.414 e. The monoisotopic (exact) mass is 492 g/mol. The second-order valence-electron chi connectivity index (χ2n) is 9.79. The summed E-state index contributed by atoms with van der Waals surface area (Å²) in [5, 5.41) is 0. The molecule has 1 aromatic carbocycles. The van der Waals surface area contributed by atoms with Gasteiger partial charge in [0.15, 0.2) is 0 Å². The predicted octanol–water partition coefficient (Wildman–Crippen LogP) is 2.88. The molecule has 0 unspecified atom stereocenters. The summed E-state index contributed by atoms with van der Waals surface area (Å²) in [7, 11) is 1.74. The lowest BCUT2D eigenvalue weighted by molar-refractivity contribution is 0.0747. The summed E-state index contributed by atoms with van der Waals surface area (Å²) >= 11 is 0. The van der Waals surface area contributed by atoms with E-state index < -0.39 is 6.09 Å². The van der Waals surface area contributed by atoms with Gasteiger partial charge in [0.05, 0.1) is 17.3 Å². The quantitative estimate of drug-likeness (QED) is 0.652. The molecule has 0 saturated carbocycles. The van der Waals surface area contributed by atoms with Crippen molar-refractivity contribution in [2.45, 2.75) is 26.8 Å². The molecule has 4 amide bonds. The molecular formula is C26H32N6O4. The maximum absolute atomic E-state index is 13.7. The number of aromatic nitrogens is 1. The van der Waals surface area contributed by atoms with Crippen LogP contribution >= 0.6 is 0 Å². The molecular weight excluding hydrogens is 460 g/mol. The first kappa shape index (κ1) is 23.9. The molecule has 2 aromatic rings. The number of anilines is 3. The number of hydrogen-bond acceptors (Lipinski definition) is 6. The van der Waals surface area contributed by atoms with Gasteiger partial charge < -0.3 is 19.4 Å². The number of pyridine rings is 1. The zero-order valence-corrected chi connectivity index (χ0v) is 21.2. The van der Waals surface area contributed by atoms with Crippen LogP contribution in [0.1, 0.15) is 28.4 Å². The van der Waals surface area contributed by atoms with Gasteiger partial charge in [0, 0.05) is 58.2 Å². The molecule has 1 atom stereocenters. The van der Waals surface area contributed by atoms with Gasteiger partial charge in [-0.1, -0.05) is 6.07 Å². The largest absolute Gasteiger partial charge is 0.447 e. The maximum Gasteiger partial charge on any atom is 0.414 e. The van der Waals surface area contributed by atoms with E-state index in [-0.39, 0.29) is 18.0 Å². The van der Waals surface area contributed by atoms with E-state index >= 15 is 0 Å². The van der Waals surface area contributed by atoms with E-state index in [1.165, 1.54) is 0 Å². The van der Waals surface area contributed by atoms with E-state index in [9.17, 15) is 14.4 Å². The minimum Gasteiger partial charge on any atom is -0.447 e. The number of carbonyl (C=O) groups excluding carboxylic acids is 3. The highest BCUT2D eigenvalue weighted by atomic mass is 16.6. The first-order valence-corrected chi connectivity index (χ1v) is 12.3. The number of cyclic esters (lactones) is 1. The fraction of sp³-hybridized carbons (Fsp3) is 0.462. The minimum atomic E-state index is -0.423. The molecule has 3 aliphatic heterocycles. The molecule has 1 aromatic heterocycles. The van der Waals surface area contributed by atoms with Crippen molar-refractivity contribution in [2.75, 3.05) is 67.6 Å². The van der Waals surface area contributed by atoms with Gasteiger partial charge in [-0.2, -0.15) is 0 Å². The van der Waals surface area contributed by atoms with Gasteiger partial charge in [0.1, 0.15) is 12.4 Å². The third kappa shape index (κ3) is 4.20. The van der Waals surface area contributed by atoms with Crippen molar-refractivity contribution in [3.63, 3.8) is 0 Å². The van der Waals surface area contributed by atoms with Gasteiger partial charge >= 0.3 is 12.1 Å². The SMILES string of the molecule is Cc1cnc(N2CCN(C(=O)c3ccc(N4C(=O)OC[C@H]4C)cc3N3CCN(C)C3=O)CC2)c(C)c1. The van der Waals surface area contributed by atoms with Crippen molar-refractivity contribution in [2.24, 2.45) is 0 Å². The summed E-state index contributed by atoms with van der Waals surface area (Å²) < 4.78 is 5.18. The van der Waals surface area contributed by atoms with E-state index in [0.717, 1.165) is 16.9 Å². The maximum atomic E-state index is 13.7. The zero-order chi connectivity index (χ0) is 25.6. The fourth-order valence-corrected chi connectivity index (χ4v) is 5.15. The second kappa shape index (κ2) is 9.33. The van der Waals surface area contributed by atoms with Crippen molar-refractivity contribution in [1.29, 1.82) is 0 Å². The molecule has 5 rings (SSSR count). The molecule has 36 heavy (non-hydrogen) atoms. The van der Waals surface area contributed by atoms with Crippen LogP contribution in [0.15, 0.2) is 30.5 Å². The summed E-state index contributed by atoms with van der Waals surface area (Å²) in [5.74, 6) is 0.833. The van der Waals surface area contributed by atoms with Crippen LogP contribution in [0, 0.1) is 13.8 Å². The van der Waals surface area contributed by atoms with Gasteiger partial charge in [0.2, 0.25) is 0 Å². The molecule has 0 radical (unpaired) electrons. The van der Waals surface area contributed by atoms with Crippen LogP contribution in [0.2, 0.25) is 0 Å². The Bertz CT molecular complexity index is 1210. The fourth-order valence-electron chi connectivity index (χ4n) is 5.15. The van der Waals surface area contributed by atoms with Crippen LogP contribution < -0.4 is 14.7 Å². The first-order valence-electron chi connectivity index (χ1n) is 12.3. The molecule has 3 saturated heterocycles. The van der Waals surface area contributed by atoms with E-state index in [1.807, 2.05) is 24.9 Å². The van der Waals surface area contributed by atoms with Crippen LogP contribution in [0.5, 0.6) is 0 Å². The number of ether oxygens (including phenoxy) is 1. The Morgan fingerprint density at radius 3 is 2.39 bits per heavy atom. The Hall–Kier alpha value is -3.82. The number of benzene rings is 1. The van der Waals surface area contributed by atoms with Crippen LogP contribution in [0.4, 0.5) is 26.8 Å². The Balaban J connectivity index is 1.40. The standard InChI is InChI=1S/C26H32N6O4/c1-17-13-18(2)23(27-15-17)29-8-10-30(11-9-29)24(33)21-6-5-20(32-19(3)16-36-26(32)35)14-22(21)31-12-7-28(4)25(31)34/h5-6,13-15,19H,7-12,16H2,1-4H3/t19-/m1/s1. The molecule has 10 heteroatoms.